The molecule has 0 spiro atoms. The SMILES string of the molecule is CCOc1cc(/C=C2/SC(=S)N(NC(=O)c3ccccc3C)C2=O)ccc1OCCC(C)C. The van der Waals surface area contributed by atoms with Crippen molar-refractivity contribution in [2.45, 2.75) is 34.1 Å². The first-order valence-corrected chi connectivity index (χ1v) is 12.1. The number of hydrogen-bond acceptors (Lipinski definition) is 6. The van der Waals surface area contributed by atoms with Crippen molar-refractivity contribution in [3.05, 3.63) is 64.1 Å². The van der Waals surface area contributed by atoms with Gasteiger partial charge in [-0.1, -0.05) is 49.9 Å². The zero-order valence-corrected chi connectivity index (χ0v) is 20.8. The van der Waals surface area contributed by atoms with Crippen LogP contribution in [0.25, 0.3) is 6.08 Å². The molecule has 1 saturated heterocycles. The molecule has 1 aliphatic heterocycles. The zero-order chi connectivity index (χ0) is 24.0. The van der Waals surface area contributed by atoms with Crippen LogP contribution in [0, 0.1) is 12.8 Å². The molecule has 0 aliphatic carbocycles. The van der Waals surface area contributed by atoms with Crippen LogP contribution in [0.3, 0.4) is 0 Å². The van der Waals surface area contributed by atoms with Crippen LogP contribution in [-0.2, 0) is 4.79 Å². The maximum absolute atomic E-state index is 12.9. The molecular weight excluding hydrogens is 456 g/mol. The molecule has 1 N–H and O–H groups in total. The van der Waals surface area contributed by atoms with Gasteiger partial charge in [-0.2, -0.15) is 5.01 Å². The number of hydrazine groups is 1. The highest BCUT2D eigenvalue weighted by Crippen LogP contribution is 2.34. The van der Waals surface area contributed by atoms with Crippen LogP contribution in [0.4, 0.5) is 0 Å². The maximum atomic E-state index is 12.9. The number of benzene rings is 2. The Labute approximate surface area is 204 Å². The first-order chi connectivity index (χ1) is 15.8. The predicted octanol–water partition coefficient (Wildman–Crippen LogP) is 5.36. The summed E-state index contributed by atoms with van der Waals surface area (Å²) >= 11 is 6.48. The minimum Gasteiger partial charge on any atom is -0.490 e. The summed E-state index contributed by atoms with van der Waals surface area (Å²) in [6.07, 6.45) is 2.68. The van der Waals surface area contributed by atoms with Gasteiger partial charge in [0.15, 0.2) is 15.8 Å². The fraction of sp³-hybridized carbons (Fsp3) is 0.320. The highest BCUT2D eigenvalue weighted by atomic mass is 32.2. The van der Waals surface area contributed by atoms with Crippen LogP contribution in [0.1, 0.15) is 48.7 Å². The average molecular weight is 485 g/mol. The van der Waals surface area contributed by atoms with Crippen LogP contribution in [0.5, 0.6) is 11.5 Å². The average Bonchev–Trinajstić information content (AvgIpc) is 3.02. The number of amides is 2. The molecule has 0 atom stereocenters. The second kappa shape index (κ2) is 11.3. The summed E-state index contributed by atoms with van der Waals surface area (Å²) in [4.78, 5) is 26.0. The van der Waals surface area contributed by atoms with Crippen molar-refractivity contribution in [3.63, 3.8) is 0 Å². The number of nitrogens with zero attached hydrogens (tertiary/aromatic N) is 1. The highest BCUT2D eigenvalue weighted by molar-refractivity contribution is 8.26. The van der Waals surface area contributed by atoms with E-state index < -0.39 is 0 Å². The number of carbonyl (C=O) groups excluding carboxylic acids is 2. The smallest absolute Gasteiger partial charge is 0.285 e. The Morgan fingerprint density at radius 1 is 1.18 bits per heavy atom. The molecule has 0 radical (unpaired) electrons. The zero-order valence-electron chi connectivity index (χ0n) is 19.2. The predicted molar refractivity (Wildman–Crippen MR) is 136 cm³/mol. The molecule has 33 heavy (non-hydrogen) atoms. The summed E-state index contributed by atoms with van der Waals surface area (Å²) in [5.41, 5.74) is 4.71. The molecule has 6 nitrogen and oxygen atoms in total. The lowest BCUT2D eigenvalue weighted by atomic mass is 10.1. The van der Waals surface area contributed by atoms with E-state index in [-0.39, 0.29) is 16.1 Å². The first-order valence-electron chi connectivity index (χ1n) is 10.8. The Balaban J connectivity index is 1.75. The van der Waals surface area contributed by atoms with Crippen molar-refractivity contribution in [2.24, 2.45) is 5.92 Å². The summed E-state index contributed by atoms with van der Waals surface area (Å²) in [6, 6.07) is 12.7. The minimum absolute atomic E-state index is 0.270. The van der Waals surface area contributed by atoms with Gasteiger partial charge in [0.05, 0.1) is 18.1 Å². The maximum Gasteiger partial charge on any atom is 0.285 e. The molecule has 3 rings (SSSR count). The second-order valence-electron chi connectivity index (χ2n) is 7.94. The Hall–Kier alpha value is -2.84. The van der Waals surface area contributed by atoms with E-state index in [1.54, 1.807) is 18.2 Å². The van der Waals surface area contributed by atoms with Gasteiger partial charge in [-0.05, 0) is 73.8 Å². The van der Waals surface area contributed by atoms with Crippen LogP contribution in [0.15, 0.2) is 47.4 Å². The lowest BCUT2D eigenvalue weighted by Gasteiger charge is -2.16. The molecular formula is C25H28N2O4S2. The van der Waals surface area contributed by atoms with Gasteiger partial charge < -0.3 is 9.47 Å². The normalized spacial score (nSPS) is 14.8. The summed E-state index contributed by atoms with van der Waals surface area (Å²) in [7, 11) is 0. The molecule has 1 heterocycles. The fourth-order valence-electron chi connectivity index (χ4n) is 3.11. The summed E-state index contributed by atoms with van der Waals surface area (Å²) < 4.78 is 11.9. The van der Waals surface area contributed by atoms with Gasteiger partial charge in [0, 0.05) is 5.56 Å². The third-order valence-electron chi connectivity index (χ3n) is 4.91. The molecule has 2 aromatic rings. The lowest BCUT2D eigenvalue weighted by molar-refractivity contribution is -0.123. The molecule has 2 aromatic carbocycles. The van der Waals surface area contributed by atoms with Crippen molar-refractivity contribution < 1.29 is 19.1 Å². The van der Waals surface area contributed by atoms with E-state index in [1.165, 1.54) is 0 Å². The second-order valence-corrected chi connectivity index (χ2v) is 9.62. The van der Waals surface area contributed by atoms with Crippen LogP contribution >= 0.6 is 24.0 Å². The molecule has 8 heteroatoms. The number of thiocarbonyl (C=S) groups is 1. The molecule has 174 valence electrons. The molecule has 0 aromatic heterocycles. The van der Waals surface area contributed by atoms with E-state index in [4.69, 9.17) is 21.7 Å². The van der Waals surface area contributed by atoms with Gasteiger partial charge in [0.1, 0.15) is 0 Å². The molecule has 0 saturated carbocycles. The van der Waals surface area contributed by atoms with Crippen LogP contribution < -0.4 is 14.9 Å². The van der Waals surface area contributed by atoms with Gasteiger partial charge in [-0.15, -0.1) is 0 Å². The number of ether oxygens (including phenoxy) is 2. The number of aryl methyl sites for hydroxylation is 1. The van der Waals surface area contributed by atoms with Gasteiger partial charge in [0.25, 0.3) is 11.8 Å². The number of rotatable bonds is 9. The first kappa shape index (κ1) is 24.8. The Morgan fingerprint density at radius 3 is 2.64 bits per heavy atom. The van der Waals surface area contributed by atoms with Gasteiger partial charge in [-0.25, -0.2) is 0 Å². The number of nitrogens with one attached hydrogen (secondary N) is 1. The van der Waals surface area contributed by atoms with E-state index >= 15 is 0 Å². The third-order valence-corrected chi connectivity index (χ3v) is 6.22. The molecule has 1 aliphatic rings. The van der Waals surface area contributed by atoms with E-state index in [1.807, 2.05) is 44.2 Å². The molecule has 1 fully saturated rings. The molecule has 0 bridgehead atoms. The van der Waals surface area contributed by atoms with E-state index in [2.05, 4.69) is 19.3 Å². The molecule has 0 unspecified atom stereocenters. The van der Waals surface area contributed by atoms with Crippen molar-refractivity contribution in [3.8, 4) is 11.5 Å². The quantitative estimate of drug-likeness (QED) is 0.382. The van der Waals surface area contributed by atoms with Gasteiger partial charge in [-0.3, -0.25) is 15.0 Å². The van der Waals surface area contributed by atoms with Crippen LogP contribution in [-0.4, -0.2) is 34.4 Å². The van der Waals surface area contributed by atoms with Crippen molar-refractivity contribution in [2.75, 3.05) is 13.2 Å². The molecule has 2 amide bonds. The third kappa shape index (κ3) is 6.36. The summed E-state index contributed by atoms with van der Waals surface area (Å²) in [6.45, 7) is 9.15. The standard InChI is InChI=1S/C25H28N2O4S2/c1-5-30-21-14-18(10-11-20(21)31-13-12-16(2)3)15-22-24(29)27(25(32)33-22)26-23(28)19-9-7-6-8-17(19)4/h6-11,14-16H,5,12-13H2,1-4H3,(H,26,28)/b22-15+. The minimum atomic E-state index is -0.382. The van der Waals surface area contributed by atoms with Crippen LogP contribution in [0.2, 0.25) is 0 Å². The monoisotopic (exact) mass is 484 g/mol. The summed E-state index contributed by atoms with van der Waals surface area (Å²) in [5.74, 6) is 1.09. The topological polar surface area (TPSA) is 67.9 Å². The lowest BCUT2D eigenvalue weighted by Crippen LogP contribution is -2.45. The van der Waals surface area contributed by atoms with Gasteiger partial charge in [0.2, 0.25) is 0 Å². The van der Waals surface area contributed by atoms with E-state index in [0.29, 0.717) is 41.1 Å². The Kier molecular flexibility index (Phi) is 8.52. The Morgan fingerprint density at radius 2 is 1.94 bits per heavy atom. The van der Waals surface area contributed by atoms with Gasteiger partial charge >= 0.3 is 0 Å². The number of hydrogen-bond donors (Lipinski definition) is 1. The van der Waals surface area contributed by atoms with Crippen molar-refractivity contribution >= 4 is 46.2 Å². The highest BCUT2D eigenvalue weighted by Gasteiger charge is 2.34. The van der Waals surface area contributed by atoms with Crippen molar-refractivity contribution in [1.82, 2.24) is 10.4 Å². The number of carbonyl (C=O) groups is 2. The Bertz CT molecular complexity index is 1080. The fourth-order valence-corrected chi connectivity index (χ4v) is 4.29. The number of thioether (sulfide) groups is 1. The van der Waals surface area contributed by atoms with Crippen molar-refractivity contribution in [1.29, 1.82) is 0 Å². The van der Waals surface area contributed by atoms with E-state index in [0.717, 1.165) is 34.3 Å². The summed E-state index contributed by atoms with van der Waals surface area (Å²) in [5, 5.41) is 1.12. The van der Waals surface area contributed by atoms with E-state index in [9.17, 15) is 9.59 Å². The largest absolute Gasteiger partial charge is 0.490 e.